The predicted octanol–water partition coefficient (Wildman–Crippen LogP) is 1.85. The van der Waals surface area contributed by atoms with Crippen molar-refractivity contribution in [2.75, 3.05) is 49.1 Å². The number of piperazine rings is 1. The standard InChI is InChI=1S/C21H24FN5O/c22-17-5-7-18(8-6-17)25-11-13-26(14-12-25)21(23)24-15-20(28)27-10-9-16-3-1-2-4-19(16)27/h1-8H,9-15H2,(H2,23,24). The number of carbonyl (C=O) groups is 1. The smallest absolute Gasteiger partial charge is 0.248 e. The maximum Gasteiger partial charge on any atom is 0.248 e. The van der Waals surface area contributed by atoms with Gasteiger partial charge >= 0.3 is 0 Å². The number of fused-ring (bicyclic) bond motifs is 1. The van der Waals surface area contributed by atoms with E-state index in [1.165, 1.54) is 17.7 Å². The fourth-order valence-corrected chi connectivity index (χ4v) is 3.78. The Hall–Kier alpha value is -3.09. The van der Waals surface area contributed by atoms with Crippen LogP contribution in [-0.4, -0.2) is 56.0 Å². The Morgan fingerprint density at radius 3 is 2.46 bits per heavy atom. The number of nitrogens with zero attached hydrogens (tertiary/aromatic N) is 4. The number of hydrogen-bond donors (Lipinski definition) is 1. The second kappa shape index (κ2) is 7.88. The lowest BCUT2D eigenvalue weighted by atomic mass is 10.2. The van der Waals surface area contributed by atoms with Gasteiger partial charge in [0.05, 0.1) is 0 Å². The highest BCUT2D eigenvalue weighted by atomic mass is 19.1. The van der Waals surface area contributed by atoms with Crippen molar-refractivity contribution in [3.8, 4) is 0 Å². The van der Waals surface area contributed by atoms with Gasteiger partial charge in [-0.25, -0.2) is 9.38 Å². The molecule has 0 unspecified atom stereocenters. The zero-order valence-corrected chi connectivity index (χ0v) is 15.7. The summed E-state index contributed by atoms with van der Waals surface area (Å²) in [5, 5.41) is 0. The Kier molecular flexibility index (Phi) is 5.14. The summed E-state index contributed by atoms with van der Waals surface area (Å²) < 4.78 is 13.1. The average Bonchev–Trinajstić information content (AvgIpc) is 3.17. The SMILES string of the molecule is NC(=NCC(=O)N1CCc2ccccc21)N1CCN(c2ccc(F)cc2)CC1. The third kappa shape index (κ3) is 3.78. The first-order chi connectivity index (χ1) is 13.6. The van der Waals surface area contributed by atoms with Crippen LogP contribution in [0.1, 0.15) is 5.56 Å². The minimum absolute atomic E-state index is 0.0298. The Bertz CT molecular complexity index is 875. The molecular formula is C21H24FN5O. The highest BCUT2D eigenvalue weighted by Crippen LogP contribution is 2.27. The molecule has 0 saturated carbocycles. The van der Waals surface area contributed by atoms with Gasteiger partial charge in [-0.3, -0.25) is 4.79 Å². The summed E-state index contributed by atoms with van der Waals surface area (Å²) in [4.78, 5) is 22.9. The topological polar surface area (TPSA) is 65.2 Å². The van der Waals surface area contributed by atoms with Crippen molar-refractivity contribution in [2.24, 2.45) is 10.7 Å². The second-order valence-corrected chi connectivity index (χ2v) is 7.05. The molecule has 0 aromatic heterocycles. The molecule has 7 heteroatoms. The molecule has 1 fully saturated rings. The van der Waals surface area contributed by atoms with E-state index in [1.54, 1.807) is 17.0 Å². The van der Waals surface area contributed by atoms with Crippen molar-refractivity contribution >= 4 is 23.2 Å². The van der Waals surface area contributed by atoms with Crippen LogP contribution < -0.4 is 15.5 Å². The number of hydrogen-bond acceptors (Lipinski definition) is 3. The van der Waals surface area contributed by atoms with Crippen molar-refractivity contribution in [3.05, 3.63) is 59.9 Å². The maximum atomic E-state index is 13.1. The Balaban J connectivity index is 1.31. The summed E-state index contributed by atoms with van der Waals surface area (Å²) in [6.07, 6.45) is 0.881. The lowest BCUT2D eigenvalue weighted by Gasteiger charge is -2.36. The number of aliphatic imine (C=N–C) groups is 1. The minimum Gasteiger partial charge on any atom is -0.370 e. The number of amides is 1. The number of anilines is 2. The van der Waals surface area contributed by atoms with Crippen LogP contribution in [0.5, 0.6) is 0 Å². The lowest BCUT2D eigenvalue weighted by Crippen LogP contribution is -2.51. The fraction of sp³-hybridized carbons (Fsp3) is 0.333. The third-order valence-corrected chi connectivity index (χ3v) is 5.36. The molecule has 2 heterocycles. The van der Waals surface area contributed by atoms with Gasteiger partial charge in [-0.1, -0.05) is 18.2 Å². The lowest BCUT2D eigenvalue weighted by molar-refractivity contribution is -0.117. The number of guanidine groups is 1. The van der Waals surface area contributed by atoms with Crippen molar-refractivity contribution in [3.63, 3.8) is 0 Å². The van der Waals surface area contributed by atoms with Gasteiger partial charge in [0.25, 0.3) is 0 Å². The average molecular weight is 381 g/mol. The molecule has 0 bridgehead atoms. The van der Waals surface area contributed by atoms with E-state index >= 15 is 0 Å². The van der Waals surface area contributed by atoms with Crippen molar-refractivity contribution in [1.82, 2.24) is 4.90 Å². The van der Waals surface area contributed by atoms with Gasteiger partial charge in [-0.05, 0) is 42.3 Å². The van der Waals surface area contributed by atoms with E-state index in [0.717, 1.165) is 30.9 Å². The Labute approximate surface area is 164 Å². The molecule has 2 aromatic rings. The first-order valence-electron chi connectivity index (χ1n) is 9.55. The molecule has 0 radical (unpaired) electrons. The normalized spacial score (nSPS) is 17.0. The summed E-state index contributed by atoms with van der Waals surface area (Å²) in [5.74, 6) is 0.140. The molecule has 0 spiro atoms. The van der Waals surface area contributed by atoms with Crippen LogP contribution in [0.2, 0.25) is 0 Å². The zero-order chi connectivity index (χ0) is 19.5. The maximum absolute atomic E-state index is 13.1. The van der Waals surface area contributed by atoms with Gasteiger partial charge in [0.1, 0.15) is 12.4 Å². The molecule has 2 aliphatic rings. The van der Waals surface area contributed by atoms with Crippen LogP contribution in [-0.2, 0) is 11.2 Å². The van der Waals surface area contributed by atoms with E-state index in [1.807, 2.05) is 23.1 Å². The summed E-state index contributed by atoms with van der Waals surface area (Å²) in [5.41, 5.74) is 9.31. The van der Waals surface area contributed by atoms with Gasteiger partial charge < -0.3 is 20.4 Å². The molecule has 28 heavy (non-hydrogen) atoms. The monoisotopic (exact) mass is 381 g/mol. The third-order valence-electron chi connectivity index (χ3n) is 5.36. The van der Waals surface area contributed by atoms with E-state index < -0.39 is 0 Å². The second-order valence-electron chi connectivity index (χ2n) is 7.05. The summed E-state index contributed by atoms with van der Waals surface area (Å²) >= 11 is 0. The quantitative estimate of drug-likeness (QED) is 0.651. The summed E-state index contributed by atoms with van der Waals surface area (Å²) in [6.45, 7) is 3.73. The van der Waals surface area contributed by atoms with Crippen LogP contribution in [0, 0.1) is 5.82 Å². The first kappa shape index (κ1) is 18.3. The largest absolute Gasteiger partial charge is 0.370 e. The number of benzene rings is 2. The molecule has 1 amide bonds. The summed E-state index contributed by atoms with van der Waals surface area (Å²) in [6, 6.07) is 14.5. The summed E-state index contributed by atoms with van der Waals surface area (Å²) in [7, 11) is 0. The molecule has 4 rings (SSSR count). The van der Waals surface area contributed by atoms with Gasteiger partial charge in [0, 0.05) is 44.1 Å². The molecule has 2 N–H and O–H groups in total. The molecule has 146 valence electrons. The molecular weight excluding hydrogens is 357 g/mol. The van der Waals surface area contributed by atoms with Crippen LogP contribution in [0.3, 0.4) is 0 Å². The number of halogens is 1. The number of rotatable bonds is 3. The fourth-order valence-electron chi connectivity index (χ4n) is 3.78. The van der Waals surface area contributed by atoms with Crippen molar-refractivity contribution in [2.45, 2.75) is 6.42 Å². The zero-order valence-electron chi connectivity index (χ0n) is 15.7. The van der Waals surface area contributed by atoms with E-state index in [9.17, 15) is 9.18 Å². The highest BCUT2D eigenvalue weighted by molar-refractivity contribution is 5.97. The van der Waals surface area contributed by atoms with E-state index in [-0.39, 0.29) is 18.3 Å². The van der Waals surface area contributed by atoms with Gasteiger partial charge in [0.15, 0.2) is 5.96 Å². The molecule has 1 saturated heterocycles. The number of carbonyl (C=O) groups excluding carboxylic acids is 1. The van der Waals surface area contributed by atoms with Crippen molar-refractivity contribution in [1.29, 1.82) is 0 Å². The van der Waals surface area contributed by atoms with Crippen molar-refractivity contribution < 1.29 is 9.18 Å². The van der Waals surface area contributed by atoms with Gasteiger partial charge in [-0.2, -0.15) is 0 Å². The molecule has 0 atom stereocenters. The molecule has 6 nitrogen and oxygen atoms in total. The van der Waals surface area contributed by atoms with E-state index in [0.29, 0.717) is 25.6 Å². The van der Waals surface area contributed by atoms with Gasteiger partial charge in [-0.15, -0.1) is 0 Å². The van der Waals surface area contributed by atoms with Crippen LogP contribution in [0.15, 0.2) is 53.5 Å². The van der Waals surface area contributed by atoms with Crippen LogP contribution in [0.25, 0.3) is 0 Å². The highest BCUT2D eigenvalue weighted by Gasteiger charge is 2.24. The number of nitrogens with two attached hydrogens (primary N) is 1. The predicted molar refractivity (Wildman–Crippen MR) is 109 cm³/mol. The molecule has 2 aromatic carbocycles. The first-order valence-corrected chi connectivity index (χ1v) is 9.55. The molecule has 2 aliphatic heterocycles. The van der Waals surface area contributed by atoms with E-state index in [2.05, 4.69) is 16.0 Å². The van der Waals surface area contributed by atoms with Gasteiger partial charge in [0.2, 0.25) is 5.91 Å². The Morgan fingerprint density at radius 2 is 1.71 bits per heavy atom. The Morgan fingerprint density at radius 1 is 1.00 bits per heavy atom. The van der Waals surface area contributed by atoms with Crippen LogP contribution >= 0.6 is 0 Å². The van der Waals surface area contributed by atoms with Crippen LogP contribution in [0.4, 0.5) is 15.8 Å². The molecule has 0 aliphatic carbocycles. The number of para-hydroxylation sites is 1. The van der Waals surface area contributed by atoms with E-state index in [4.69, 9.17) is 5.73 Å². The minimum atomic E-state index is -0.232.